The summed E-state index contributed by atoms with van der Waals surface area (Å²) in [4.78, 5) is 8.70. The Morgan fingerprint density at radius 1 is 1.32 bits per heavy atom. The molecule has 0 saturated heterocycles. The zero-order chi connectivity index (χ0) is 13.7. The second-order valence-electron chi connectivity index (χ2n) is 4.58. The van der Waals surface area contributed by atoms with Gasteiger partial charge in [0.25, 0.3) is 0 Å². The molecule has 4 heteroatoms. The van der Waals surface area contributed by atoms with Crippen molar-refractivity contribution in [1.29, 1.82) is 0 Å². The van der Waals surface area contributed by atoms with Crippen LogP contribution in [0.2, 0.25) is 0 Å². The molecule has 0 aliphatic rings. The van der Waals surface area contributed by atoms with Gasteiger partial charge in [-0.25, -0.2) is 0 Å². The van der Waals surface area contributed by atoms with Crippen LogP contribution in [0.3, 0.4) is 0 Å². The largest absolute Gasteiger partial charge is 0.309 e. The van der Waals surface area contributed by atoms with Gasteiger partial charge in [-0.15, -0.1) is 0 Å². The normalized spacial score (nSPS) is 12.4. The Labute approximate surface area is 122 Å². The highest BCUT2D eigenvalue weighted by atomic mass is 79.9. The van der Waals surface area contributed by atoms with Gasteiger partial charge in [-0.05, 0) is 65.1 Å². The third-order valence-corrected chi connectivity index (χ3v) is 3.38. The van der Waals surface area contributed by atoms with Crippen molar-refractivity contribution in [2.24, 2.45) is 0 Å². The Morgan fingerprint density at radius 3 is 2.84 bits per heavy atom. The molecule has 2 rings (SSSR count). The second-order valence-corrected chi connectivity index (χ2v) is 5.50. The van der Waals surface area contributed by atoms with Crippen LogP contribution in [0.4, 0.5) is 0 Å². The number of likely N-dealkylation sites (N-methyl/N-ethyl adjacent to an activating group) is 1. The van der Waals surface area contributed by atoms with Gasteiger partial charge in [-0.1, -0.05) is 6.92 Å². The average molecular weight is 320 g/mol. The molecular formula is C15H18BrN3. The van der Waals surface area contributed by atoms with E-state index in [1.165, 1.54) is 11.1 Å². The average Bonchev–Trinajstić information content (AvgIpc) is 2.38. The highest BCUT2D eigenvalue weighted by Crippen LogP contribution is 2.19. The number of rotatable bonds is 5. The van der Waals surface area contributed by atoms with Gasteiger partial charge in [0.1, 0.15) is 0 Å². The maximum atomic E-state index is 4.48. The predicted molar refractivity (Wildman–Crippen MR) is 81.0 cm³/mol. The Morgan fingerprint density at radius 2 is 2.16 bits per heavy atom. The zero-order valence-corrected chi connectivity index (χ0v) is 12.8. The van der Waals surface area contributed by atoms with E-state index in [0.717, 1.165) is 23.1 Å². The molecule has 100 valence electrons. The van der Waals surface area contributed by atoms with Crippen molar-refractivity contribution < 1.29 is 0 Å². The maximum Gasteiger partial charge on any atom is 0.0579 e. The molecular weight excluding hydrogens is 302 g/mol. The van der Waals surface area contributed by atoms with Crippen LogP contribution in [-0.4, -0.2) is 16.5 Å². The Balaban J connectivity index is 2.21. The summed E-state index contributed by atoms with van der Waals surface area (Å²) >= 11 is 3.46. The molecule has 0 aliphatic carbocycles. The van der Waals surface area contributed by atoms with Gasteiger partial charge in [-0.2, -0.15) is 0 Å². The number of halogens is 1. The highest BCUT2D eigenvalue weighted by molar-refractivity contribution is 9.10. The van der Waals surface area contributed by atoms with Crippen molar-refractivity contribution >= 4 is 15.9 Å². The van der Waals surface area contributed by atoms with E-state index in [0.29, 0.717) is 0 Å². The lowest BCUT2D eigenvalue weighted by molar-refractivity contribution is 0.535. The number of aromatic nitrogens is 2. The summed E-state index contributed by atoms with van der Waals surface area (Å²) in [6.07, 6.45) is 6.46. The van der Waals surface area contributed by atoms with E-state index in [1.54, 1.807) is 6.20 Å². The molecule has 0 fully saturated rings. The minimum absolute atomic E-state index is 0.223. The molecule has 0 saturated carbocycles. The fourth-order valence-electron chi connectivity index (χ4n) is 2.08. The van der Waals surface area contributed by atoms with Gasteiger partial charge < -0.3 is 5.32 Å². The van der Waals surface area contributed by atoms with Gasteiger partial charge in [0.2, 0.25) is 0 Å². The molecule has 0 aliphatic heterocycles. The number of hydrogen-bond donors (Lipinski definition) is 1. The monoisotopic (exact) mass is 319 g/mol. The second kappa shape index (κ2) is 6.78. The molecule has 3 nitrogen and oxygen atoms in total. The minimum Gasteiger partial charge on any atom is -0.309 e. The first kappa shape index (κ1) is 14.2. The molecule has 2 aromatic rings. The first-order valence-electron chi connectivity index (χ1n) is 6.44. The third-order valence-electron chi connectivity index (χ3n) is 2.95. The molecule has 0 radical (unpaired) electrons. The molecule has 1 unspecified atom stereocenters. The van der Waals surface area contributed by atoms with Crippen LogP contribution in [0.5, 0.6) is 0 Å². The Bertz CT molecular complexity index is 542. The molecule has 0 spiro atoms. The first-order chi connectivity index (χ1) is 9.19. The lowest BCUT2D eigenvalue weighted by atomic mass is 10.0. The van der Waals surface area contributed by atoms with Crippen LogP contribution < -0.4 is 5.32 Å². The SMILES string of the molecule is CCNC(Cc1cncc(Br)c1)c1cc(C)ccn1. The van der Waals surface area contributed by atoms with Crippen molar-refractivity contribution in [3.63, 3.8) is 0 Å². The van der Waals surface area contributed by atoms with Crippen LogP contribution in [0.25, 0.3) is 0 Å². The molecule has 19 heavy (non-hydrogen) atoms. The number of nitrogens with one attached hydrogen (secondary N) is 1. The predicted octanol–water partition coefficient (Wildman–Crippen LogP) is 3.44. The lowest BCUT2D eigenvalue weighted by Crippen LogP contribution is -2.24. The van der Waals surface area contributed by atoms with E-state index < -0.39 is 0 Å². The van der Waals surface area contributed by atoms with Crippen molar-refractivity contribution in [2.75, 3.05) is 6.54 Å². The summed E-state index contributed by atoms with van der Waals surface area (Å²) in [6.45, 7) is 5.12. The first-order valence-corrected chi connectivity index (χ1v) is 7.23. The highest BCUT2D eigenvalue weighted by Gasteiger charge is 2.13. The summed E-state index contributed by atoms with van der Waals surface area (Å²) in [5.74, 6) is 0. The third kappa shape index (κ3) is 4.11. The molecule has 0 bridgehead atoms. The van der Waals surface area contributed by atoms with E-state index in [-0.39, 0.29) is 6.04 Å². The van der Waals surface area contributed by atoms with Crippen molar-refractivity contribution in [3.05, 3.63) is 58.1 Å². The standard InChI is InChI=1S/C15H18BrN3/c1-3-18-15(14-6-11(2)4-5-19-14)8-12-7-13(16)10-17-9-12/h4-7,9-10,15,18H,3,8H2,1-2H3. The van der Waals surface area contributed by atoms with Crippen LogP contribution in [0.15, 0.2) is 41.3 Å². The molecule has 0 amide bonds. The fraction of sp³-hybridized carbons (Fsp3) is 0.333. The minimum atomic E-state index is 0.223. The maximum absolute atomic E-state index is 4.48. The van der Waals surface area contributed by atoms with E-state index >= 15 is 0 Å². The van der Waals surface area contributed by atoms with Crippen LogP contribution in [0, 0.1) is 6.92 Å². The summed E-state index contributed by atoms with van der Waals surface area (Å²) < 4.78 is 1.01. The van der Waals surface area contributed by atoms with Crippen molar-refractivity contribution in [1.82, 2.24) is 15.3 Å². The summed E-state index contributed by atoms with van der Waals surface area (Å²) in [5, 5.41) is 3.49. The fourth-order valence-corrected chi connectivity index (χ4v) is 2.49. The summed E-state index contributed by atoms with van der Waals surface area (Å²) in [5.41, 5.74) is 3.52. The Hall–Kier alpha value is -1.26. The number of aryl methyl sites for hydroxylation is 1. The summed E-state index contributed by atoms with van der Waals surface area (Å²) in [7, 11) is 0. The smallest absolute Gasteiger partial charge is 0.0579 e. The van der Waals surface area contributed by atoms with E-state index in [1.807, 2.05) is 18.5 Å². The molecule has 1 atom stereocenters. The zero-order valence-electron chi connectivity index (χ0n) is 11.2. The molecule has 1 N–H and O–H groups in total. The van der Waals surface area contributed by atoms with Gasteiger partial charge in [0.05, 0.1) is 11.7 Å². The van der Waals surface area contributed by atoms with E-state index in [2.05, 4.69) is 57.2 Å². The van der Waals surface area contributed by atoms with Crippen LogP contribution in [-0.2, 0) is 6.42 Å². The molecule has 2 heterocycles. The van der Waals surface area contributed by atoms with Crippen molar-refractivity contribution in [2.45, 2.75) is 26.3 Å². The van der Waals surface area contributed by atoms with E-state index in [9.17, 15) is 0 Å². The number of nitrogens with zero attached hydrogens (tertiary/aromatic N) is 2. The van der Waals surface area contributed by atoms with Crippen molar-refractivity contribution in [3.8, 4) is 0 Å². The van der Waals surface area contributed by atoms with Crippen LogP contribution in [0.1, 0.15) is 29.8 Å². The molecule has 2 aromatic heterocycles. The van der Waals surface area contributed by atoms with Gasteiger partial charge in [-0.3, -0.25) is 9.97 Å². The summed E-state index contributed by atoms with van der Waals surface area (Å²) in [6, 6.07) is 6.49. The lowest BCUT2D eigenvalue weighted by Gasteiger charge is -2.17. The molecule has 0 aromatic carbocycles. The van der Waals surface area contributed by atoms with Crippen LogP contribution >= 0.6 is 15.9 Å². The number of pyridine rings is 2. The van der Waals surface area contributed by atoms with Gasteiger partial charge >= 0.3 is 0 Å². The quantitative estimate of drug-likeness (QED) is 0.917. The van der Waals surface area contributed by atoms with Gasteiger partial charge in [0, 0.05) is 23.1 Å². The van der Waals surface area contributed by atoms with E-state index in [4.69, 9.17) is 0 Å². The number of hydrogen-bond acceptors (Lipinski definition) is 3. The topological polar surface area (TPSA) is 37.8 Å². The van der Waals surface area contributed by atoms with Gasteiger partial charge in [0.15, 0.2) is 0 Å². The Kier molecular flexibility index (Phi) is 5.05.